The Kier molecular flexibility index (Phi) is 4.81. The molecule has 0 bridgehead atoms. The molecular formula is C16H27N3. The largest absolute Gasteiger partial charge is 0.356 e. The fourth-order valence-corrected chi connectivity index (χ4v) is 2.69. The first kappa shape index (κ1) is 14.3. The van der Waals surface area contributed by atoms with Gasteiger partial charge in [-0.25, -0.2) is 4.98 Å². The Hall–Kier alpha value is -1.09. The molecule has 0 radical (unpaired) electrons. The van der Waals surface area contributed by atoms with Crippen LogP contribution in [-0.4, -0.2) is 24.1 Å². The lowest BCUT2D eigenvalue weighted by atomic mass is 9.95. The van der Waals surface area contributed by atoms with Crippen molar-refractivity contribution in [2.24, 2.45) is 11.8 Å². The zero-order valence-electron chi connectivity index (χ0n) is 12.7. The molecule has 1 aliphatic rings. The monoisotopic (exact) mass is 261 g/mol. The summed E-state index contributed by atoms with van der Waals surface area (Å²) in [6.45, 7) is 12.2. The highest BCUT2D eigenvalue weighted by atomic mass is 15.2. The number of hydrogen-bond donors (Lipinski definition) is 1. The molecule has 0 aromatic carbocycles. The van der Waals surface area contributed by atoms with E-state index in [9.17, 15) is 0 Å². The summed E-state index contributed by atoms with van der Waals surface area (Å²) in [4.78, 5) is 7.08. The molecule has 0 saturated carbocycles. The number of nitrogens with zero attached hydrogens (tertiary/aromatic N) is 2. The minimum atomic E-state index is 0.509. The van der Waals surface area contributed by atoms with Crippen LogP contribution in [0.15, 0.2) is 18.3 Å². The van der Waals surface area contributed by atoms with Crippen LogP contribution in [0.2, 0.25) is 0 Å². The van der Waals surface area contributed by atoms with Gasteiger partial charge in [-0.15, -0.1) is 0 Å². The summed E-state index contributed by atoms with van der Waals surface area (Å²) >= 11 is 0. The topological polar surface area (TPSA) is 28.2 Å². The van der Waals surface area contributed by atoms with E-state index >= 15 is 0 Å². The SMILES string of the molecule is CC(C)NCc1cccnc1N1CCC(C(C)C)C1. The van der Waals surface area contributed by atoms with E-state index in [2.05, 4.69) is 49.0 Å². The first-order chi connectivity index (χ1) is 9.08. The number of hydrogen-bond acceptors (Lipinski definition) is 3. The lowest BCUT2D eigenvalue weighted by Crippen LogP contribution is -2.27. The molecule has 1 atom stereocenters. The first-order valence-electron chi connectivity index (χ1n) is 7.50. The van der Waals surface area contributed by atoms with Gasteiger partial charge in [0, 0.05) is 37.4 Å². The second kappa shape index (κ2) is 6.38. The van der Waals surface area contributed by atoms with E-state index in [4.69, 9.17) is 0 Å². The molecule has 3 heteroatoms. The fraction of sp³-hybridized carbons (Fsp3) is 0.688. The number of aromatic nitrogens is 1. The first-order valence-corrected chi connectivity index (χ1v) is 7.50. The van der Waals surface area contributed by atoms with E-state index in [0.717, 1.165) is 31.5 Å². The third kappa shape index (κ3) is 3.69. The van der Waals surface area contributed by atoms with Crippen molar-refractivity contribution >= 4 is 5.82 Å². The lowest BCUT2D eigenvalue weighted by Gasteiger charge is -2.22. The summed E-state index contributed by atoms with van der Waals surface area (Å²) in [6, 6.07) is 4.74. The summed E-state index contributed by atoms with van der Waals surface area (Å²) in [5.41, 5.74) is 1.32. The molecule has 1 aliphatic heterocycles. The van der Waals surface area contributed by atoms with Gasteiger partial charge in [0.15, 0.2) is 0 Å². The van der Waals surface area contributed by atoms with Gasteiger partial charge < -0.3 is 10.2 Å². The quantitative estimate of drug-likeness (QED) is 0.883. The van der Waals surface area contributed by atoms with Crippen LogP contribution in [-0.2, 0) is 6.54 Å². The van der Waals surface area contributed by atoms with Crippen molar-refractivity contribution in [2.75, 3.05) is 18.0 Å². The molecular weight excluding hydrogens is 234 g/mol. The van der Waals surface area contributed by atoms with Gasteiger partial charge in [0.05, 0.1) is 0 Å². The van der Waals surface area contributed by atoms with Crippen molar-refractivity contribution < 1.29 is 0 Å². The van der Waals surface area contributed by atoms with Gasteiger partial charge in [0.1, 0.15) is 5.82 Å². The van der Waals surface area contributed by atoms with Crippen LogP contribution < -0.4 is 10.2 Å². The van der Waals surface area contributed by atoms with Crippen LogP contribution in [0.5, 0.6) is 0 Å². The molecule has 1 N–H and O–H groups in total. The number of rotatable bonds is 5. The predicted octanol–water partition coefficient (Wildman–Crippen LogP) is 3.06. The van der Waals surface area contributed by atoms with Gasteiger partial charge in [-0.2, -0.15) is 0 Å². The Balaban J connectivity index is 2.07. The molecule has 0 spiro atoms. The van der Waals surface area contributed by atoms with Crippen LogP contribution in [0.25, 0.3) is 0 Å². The normalized spacial score (nSPS) is 19.7. The molecule has 106 valence electrons. The summed E-state index contributed by atoms with van der Waals surface area (Å²) < 4.78 is 0. The second-order valence-corrected chi connectivity index (χ2v) is 6.26. The van der Waals surface area contributed by atoms with E-state index in [1.807, 2.05) is 12.3 Å². The Morgan fingerprint density at radius 3 is 2.79 bits per heavy atom. The van der Waals surface area contributed by atoms with Crippen molar-refractivity contribution in [3.63, 3.8) is 0 Å². The average molecular weight is 261 g/mol. The molecule has 1 fully saturated rings. The molecule has 19 heavy (non-hydrogen) atoms. The Bertz CT molecular complexity index is 401. The van der Waals surface area contributed by atoms with Crippen LogP contribution in [0.4, 0.5) is 5.82 Å². The van der Waals surface area contributed by atoms with E-state index in [-0.39, 0.29) is 0 Å². The molecule has 1 aromatic rings. The zero-order chi connectivity index (χ0) is 13.8. The molecule has 1 unspecified atom stereocenters. The maximum absolute atomic E-state index is 4.62. The second-order valence-electron chi connectivity index (χ2n) is 6.26. The van der Waals surface area contributed by atoms with Gasteiger partial charge >= 0.3 is 0 Å². The van der Waals surface area contributed by atoms with Gasteiger partial charge in [-0.1, -0.05) is 33.8 Å². The highest BCUT2D eigenvalue weighted by Gasteiger charge is 2.26. The maximum Gasteiger partial charge on any atom is 0.133 e. The summed E-state index contributed by atoms with van der Waals surface area (Å²) in [5.74, 6) is 2.76. The van der Waals surface area contributed by atoms with Crippen LogP contribution in [0.1, 0.15) is 39.7 Å². The molecule has 0 aliphatic carbocycles. The van der Waals surface area contributed by atoms with E-state index < -0.39 is 0 Å². The van der Waals surface area contributed by atoms with Crippen molar-refractivity contribution in [3.8, 4) is 0 Å². The third-order valence-corrected chi connectivity index (χ3v) is 4.04. The Labute approximate surface area is 117 Å². The zero-order valence-corrected chi connectivity index (χ0v) is 12.7. The third-order valence-electron chi connectivity index (χ3n) is 4.04. The highest BCUT2D eigenvalue weighted by molar-refractivity contribution is 5.47. The van der Waals surface area contributed by atoms with Crippen molar-refractivity contribution in [1.82, 2.24) is 10.3 Å². The van der Waals surface area contributed by atoms with Crippen LogP contribution in [0.3, 0.4) is 0 Å². The standard InChI is InChI=1S/C16H27N3/c1-12(2)15-7-9-19(11-15)16-14(6-5-8-17-16)10-18-13(3)4/h5-6,8,12-13,15,18H,7,9-11H2,1-4H3. The smallest absolute Gasteiger partial charge is 0.133 e. The molecule has 2 heterocycles. The van der Waals surface area contributed by atoms with Gasteiger partial charge in [-0.3, -0.25) is 0 Å². The molecule has 3 nitrogen and oxygen atoms in total. The molecule has 1 saturated heterocycles. The minimum Gasteiger partial charge on any atom is -0.356 e. The molecule has 2 rings (SSSR count). The summed E-state index contributed by atoms with van der Waals surface area (Å²) in [5, 5.41) is 3.49. The fourth-order valence-electron chi connectivity index (χ4n) is 2.69. The average Bonchev–Trinajstić information content (AvgIpc) is 2.86. The van der Waals surface area contributed by atoms with Crippen LogP contribution in [0, 0.1) is 11.8 Å². The lowest BCUT2D eigenvalue weighted by molar-refractivity contribution is 0.422. The van der Waals surface area contributed by atoms with E-state index in [0.29, 0.717) is 6.04 Å². The number of anilines is 1. The number of pyridine rings is 1. The van der Waals surface area contributed by atoms with E-state index in [1.54, 1.807) is 0 Å². The predicted molar refractivity (Wildman–Crippen MR) is 81.4 cm³/mol. The number of nitrogens with one attached hydrogen (secondary N) is 1. The maximum atomic E-state index is 4.62. The molecule has 0 amide bonds. The van der Waals surface area contributed by atoms with Crippen LogP contribution >= 0.6 is 0 Å². The van der Waals surface area contributed by atoms with Crippen molar-refractivity contribution in [3.05, 3.63) is 23.9 Å². The van der Waals surface area contributed by atoms with Crippen molar-refractivity contribution in [1.29, 1.82) is 0 Å². The Morgan fingerprint density at radius 2 is 2.16 bits per heavy atom. The highest BCUT2D eigenvalue weighted by Crippen LogP contribution is 2.28. The van der Waals surface area contributed by atoms with Gasteiger partial charge in [-0.05, 0) is 24.3 Å². The van der Waals surface area contributed by atoms with Gasteiger partial charge in [0.2, 0.25) is 0 Å². The summed E-state index contributed by atoms with van der Waals surface area (Å²) in [7, 11) is 0. The molecule has 1 aromatic heterocycles. The van der Waals surface area contributed by atoms with Crippen molar-refractivity contribution in [2.45, 2.75) is 46.7 Å². The summed E-state index contributed by atoms with van der Waals surface area (Å²) in [6.07, 6.45) is 3.21. The Morgan fingerprint density at radius 1 is 1.37 bits per heavy atom. The minimum absolute atomic E-state index is 0.509. The van der Waals surface area contributed by atoms with E-state index in [1.165, 1.54) is 17.8 Å². The van der Waals surface area contributed by atoms with Gasteiger partial charge in [0.25, 0.3) is 0 Å².